The molecule has 0 radical (unpaired) electrons. The van der Waals surface area contributed by atoms with Crippen LogP contribution in [0.4, 0.5) is 10.1 Å². The minimum absolute atomic E-state index is 0.193. The van der Waals surface area contributed by atoms with Crippen LogP contribution >= 0.6 is 15.9 Å². The van der Waals surface area contributed by atoms with E-state index in [9.17, 15) is 4.39 Å². The molecular weight excluding hydrogens is 293 g/mol. The number of nitrogens with zero attached hydrogens (tertiary/aromatic N) is 1. The van der Waals surface area contributed by atoms with Crippen LogP contribution in [0.5, 0.6) is 0 Å². The normalized spacial score (nSPS) is 10.4. The van der Waals surface area contributed by atoms with Gasteiger partial charge in [-0.1, -0.05) is 34.1 Å². The van der Waals surface area contributed by atoms with Crippen LogP contribution in [0, 0.1) is 5.82 Å². The van der Waals surface area contributed by atoms with Gasteiger partial charge < -0.3 is 4.90 Å². The van der Waals surface area contributed by atoms with Gasteiger partial charge in [0.2, 0.25) is 0 Å². The maximum absolute atomic E-state index is 13.2. The highest BCUT2D eigenvalue weighted by Gasteiger charge is 2.06. The molecule has 0 saturated heterocycles. The lowest BCUT2D eigenvalue weighted by Gasteiger charge is -2.23. The van der Waals surface area contributed by atoms with E-state index in [0.29, 0.717) is 0 Å². The van der Waals surface area contributed by atoms with Gasteiger partial charge in [-0.2, -0.15) is 0 Å². The van der Waals surface area contributed by atoms with E-state index in [1.807, 2.05) is 18.2 Å². The van der Waals surface area contributed by atoms with Crippen LogP contribution in [0.3, 0.4) is 0 Å². The molecule has 0 fully saturated rings. The third kappa shape index (κ3) is 3.33. The van der Waals surface area contributed by atoms with E-state index in [2.05, 4.69) is 39.9 Å². The molecule has 0 spiro atoms. The first-order valence-corrected chi connectivity index (χ1v) is 6.73. The predicted molar refractivity (Wildman–Crippen MR) is 77.3 cm³/mol. The molecule has 2 aromatic rings. The molecule has 0 atom stereocenters. The molecule has 0 N–H and O–H groups in total. The fraction of sp³-hybridized carbons (Fsp3) is 0.200. The summed E-state index contributed by atoms with van der Waals surface area (Å²) in [4.78, 5) is 2.15. The van der Waals surface area contributed by atoms with E-state index in [0.717, 1.165) is 23.2 Å². The number of hydrogen-bond acceptors (Lipinski definition) is 1. The number of benzene rings is 2. The standard InChI is InChI=1S/C15H15BrFN/c1-2-18(15-5-3-4-14(17)10-15)11-12-6-8-13(16)9-7-12/h3-10H,2,11H2,1H3. The van der Waals surface area contributed by atoms with Gasteiger partial charge in [0.25, 0.3) is 0 Å². The smallest absolute Gasteiger partial charge is 0.125 e. The molecule has 0 saturated carbocycles. The minimum atomic E-state index is -0.193. The van der Waals surface area contributed by atoms with Crippen molar-refractivity contribution in [2.24, 2.45) is 0 Å². The molecule has 0 aliphatic rings. The fourth-order valence-corrected chi connectivity index (χ4v) is 2.13. The number of rotatable bonds is 4. The molecule has 2 rings (SSSR count). The zero-order chi connectivity index (χ0) is 13.0. The van der Waals surface area contributed by atoms with Gasteiger partial charge in [0, 0.05) is 23.2 Å². The van der Waals surface area contributed by atoms with Gasteiger partial charge in [-0.15, -0.1) is 0 Å². The first-order chi connectivity index (χ1) is 8.69. The van der Waals surface area contributed by atoms with E-state index < -0.39 is 0 Å². The van der Waals surface area contributed by atoms with Gasteiger partial charge >= 0.3 is 0 Å². The largest absolute Gasteiger partial charge is 0.367 e. The highest BCUT2D eigenvalue weighted by atomic mass is 79.9. The van der Waals surface area contributed by atoms with Crippen LogP contribution in [0.15, 0.2) is 53.0 Å². The van der Waals surface area contributed by atoms with Gasteiger partial charge in [-0.05, 0) is 42.8 Å². The SMILES string of the molecule is CCN(Cc1ccc(Br)cc1)c1cccc(F)c1. The Kier molecular flexibility index (Phi) is 4.37. The number of halogens is 2. The zero-order valence-corrected chi connectivity index (χ0v) is 11.8. The van der Waals surface area contributed by atoms with Crippen LogP contribution in [0.1, 0.15) is 12.5 Å². The van der Waals surface area contributed by atoms with Gasteiger partial charge in [-0.3, -0.25) is 0 Å². The van der Waals surface area contributed by atoms with Crippen molar-refractivity contribution in [1.29, 1.82) is 0 Å². The molecule has 1 nitrogen and oxygen atoms in total. The Bertz CT molecular complexity index is 510. The molecule has 0 aromatic heterocycles. The van der Waals surface area contributed by atoms with Crippen LogP contribution in [0.2, 0.25) is 0 Å². The minimum Gasteiger partial charge on any atom is -0.367 e. The first-order valence-electron chi connectivity index (χ1n) is 5.94. The second-order valence-corrected chi connectivity index (χ2v) is 5.04. The lowest BCUT2D eigenvalue weighted by atomic mass is 10.2. The van der Waals surface area contributed by atoms with Crippen molar-refractivity contribution in [3.63, 3.8) is 0 Å². The van der Waals surface area contributed by atoms with E-state index in [1.165, 1.54) is 11.6 Å². The fourth-order valence-electron chi connectivity index (χ4n) is 1.87. The third-order valence-corrected chi connectivity index (χ3v) is 3.37. The Hall–Kier alpha value is -1.35. The Labute approximate surface area is 115 Å². The Morgan fingerprint density at radius 1 is 1.11 bits per heavy atom. The molecule has 94 valence electrons. The molecule has 0 bridgehead atoms. The van der Waals surface area contributed by atoms with Gasteiger partial charge in [0.15, 0.2) is 0 Å². The van der Waals surface area contributed by atoms with Gasteiger partial charge in [-0.25, -0.2) is 4.39 Å². The summed E-state index contributed by atoms with van der Waals surface area (Å²) in [7, 11) is 0. The average molecular weight is 308 g/mol. The summed E-state index contributed by atoms with van der Waals surface area (Å²) < 4.78 is 14.3. The Balaban J connectivity index is 2.17. The van der Waals surface area contributed by atoms with E-state index >= 15 is 0 Å². The van der Waals surface area contributed by atoms with Crippen molar-refractivity contribution >= 4 is 21.6 Å². The zero-order valence-electron chi connectivity index (χ0n) is 10.2. The monoisotopic (exact) mass is 307 g/mol. The first kappa shape index (κ1) is 13.1. The molecule has 0 unspecified atom stereocenters. The second-order valence-electron chi connectivity index (χ2n) is 4.12. The van der Waals surface area contributed by atoms with Crippen molar-refractivity contribution in [2.45, 2.75) is 13.5 Å². The van der Waals surface area contributed by atoms with Crippen molar-refractivity contribution in [3.05, 3.63) is 64.4 Å². The topological polar surface area (TPSA) is 3.24 Å². The number of hydrogen-bond donors (Lipinski definition) is 0. The second kappa shape index (κ2) is 6.01. The molecule has 0 aliphatic carbocycles. The van der Waals surface area contributed by atoms with E-state index in [4.69, 9.17) is 0 Å². The van der Waals surface area contributed by atoms with Crippen molar-refractivity contribution in [3.8, 4) is 0 Å². The summed E-state index contributed by atoms with van der Waals surface area (Å²) in [5, 5.41) is 0. The summed E-state index contributed by atoms with van der Waals surface area (Å²) in [6.45, 7) is 3.70. The molecule has 0 amide bonds. The van der Waals surface area contributed by atoms with Crippen LogP contribution in [-0.2, 0) is 6.54 Å². The third-order valence-electron chi connectivity index (χ3n) is 2.84. The van der Waals surface area contributed by atoms with Gasteiger partial charge in [0.05, 0.1) is 0 Å². The molecule has 0 heterocycles. The predicted octanol–water partition coefficient (Wildman–Crippen LogP) is 4.61. The summed E-state index contributed by atoms with van der Waals surface area (Å²) in [6, 6.07) is 14.9. The average Bonchev–Trinajstić information content (AvgIpc) is 2.38. The molecule has 2 aromatic carbocycles. The molecule has 0 aliphatic heterocycles. The van der Waals surface area contributed by atoms with Gasteiger partial charge in [0.1, 0.15) is 5.82 Å². The molecule has 3 heteroatoms. The lowest BCUT2D eigenvalue weighted by Crippen LogP contribution is -2.21. The summed E-state index contributed by atoms with van der Waals surface area (Å²) in [6.07, 6.45) is 0. The maximum Gasteiger partial charge on any atom is 0.125 e. The summed E-state index contributed by atoms with van der Waals surface area (Å²) >= 11 is 3.42. The van der Waals surface area contributed by atoms with Crippen LogP contribution in [0.25, 0.3) is 0 Å². The maximum atomic E-state index is 13.2. The Morgan fingerprint density at radius 2 is 1.83 bits per heavy atom. The highest BCUT2D eigenvalue weighted by molar-refractivity contribution is 9.10. The quantitative estimate of drug-likeness (QED) is 0.797. The van der Waals surface area contributed by atoms with E-state index in [1.54, 1.807) is 12.1 Å². The van der Waals surface area contributed by atoms with E-state index in [-0.39, 0.29) is 5.82 Å². The van der Waals surface area contributed by atoms with Crippen LogP contribution in [-0.4, -0.2) is 6.54 Å². The lowest BCUT2D eigenvalue weighted by molar-refractivity contribution is 0.626. The molecule has 18 heavy (non-hydrogen) atoms. The summed E-state index contributed by atoms with van der Waals surface area (Å²) in [5.74, 6) is -0.193. The van der Waals surface area contributed by atoms with Crippen molar-refractivity contribution in [2.75, 3.05) is 11.4 Å². The summed E-state index contributed by atoms with van der Waals surface area (Å²) in [5.41, 5.74) is 2.13. The highest BCUT2D eigenvalue weighted by Crippen LogP contribution is 2.19. The molecular formula is C15H15BrFN. The van der Waals surface area contributed by atoms with Crippen molar-refractivity contribution < 1.29 is 4.39 Å². The van der Waals surface area contributed by atoms with Crippen LogP contribution < -0.4 is 4.90 Å². The van der Waals surface area contributed by atoms with Crippen molar-refractivity contribution in [1.82, 2.24) is 0 Å². The number of anilines is 1. The Morgan fingerprint density at radius 3 is 2.44 bits per heavy atom.